The van der Waals surface area contributed by atoms with Gasteiger partial charge in [-0.15, -0.1) is 0 Å². The molecule has 1 amide bonds. The fourth-order valence-corrected chi connectivity index (χ4v) is 3.43. The van der Waals surface area contributed by atoms with Crippen molar-refractivity contribution in [1.82, 2.24) is 29.7 Å². The van der Waals surface area contributed by atoms with Crippen LogP contribution in [0.1, 0.15) is 59.7 Å². The first-order valence-electron chi connectivity index (χ1n) is 8.91. The van der Waals surface area contributed by atoms with Crippen LogP contribution in [0.5, 0.6) is 0 Å². The molecule has 1 atom stereocenters. The lowest BCUT2D eigenvalue weighted by Gasteiger charge is -2.20. The molecule has 3 heterocycles. The van der Waals surface area contributed by atoms with Gasteiger partial charge in [0, 0.05) is 29.8 Å². The quantitative estimate of drug-likeness (QED) is 0.742. The molecule has 1 aliphatic carbocycles. The summed E-state index contributed by atoms with van der Waals surface area (Å²) in [6.07, 6.45) is 9.94. The van der Waals surface area contributed by atoms with Crippen molar-refractivity contribution in [3.05, 3.63) is 47.3 Å². The minimum Gasteiger partial charge on any atom is -0.368 e. The number of nitrogens with two attached hydrogens (primary N) is 1. The average Bonchev–Trinajstić information content (AvgIpc) is 3.09. The number of rotatable bonds is 4. The van der Waals surface area contributed by atoms with Gasteiger partial charge in [-0.05, 0) is 38.2 Å². The van der Waals surface area contributed by atoms with Crippen LogP contribution in [0.2, 0.25) is 0 Å². The lowest BCUT2D eigenvalue weighted by Crippen LogP contribution is -2.31. The van der Waals surface area contributed by atoms with Crippen molar-refractivity contribution in [3.8, 4) is 0 Å². The summed E-state index contributed by atoms with van der Waals surface area (Å²) >= 11 is 0. The van der Waals surface area contributed by atoms with E-state index in [4.69, 9.17) is 5.73 Å². The van der Waals surface area contributed by atoms with Crippen LogP contribution in [0, 0.1) is 0 Å². The Morgan fingerprint density at radius 1 is 1.31 bits per heavy atom. The maximum absolute atomic E-state index is 12.9. The summed E-state index contributed by atoms with van der Waals surface area (Å²) in [5.41, 5.74) is 8.82. The normalized spacial score (nSPS) is 14.8. The van der Waals surface area contributed by atoms with Gasteiger partial charge >= 0.3 is 0 Å². The molecule has 0 saturated carbocycles. The number of hydrogen-bond donors (Lipinski definition) is 2. The largest absolute Gasteiger partial charge is 0.368 e. The smallest absolute Gasteiger partial charge is 0.270 e. The molecule has 0 aromatic carbocycles. The van der Waals surface area contributed by atoms with Gasteiger partial charge in [-0.3, -0.25) is 9.20 Å². The monoisotopic (exact) mass is 351 g/mol. The van der Waals surface area contributed by atoms with Crippen LogP contribution in [0.3, 0.4) is 0 Å². The Morgan fingerprint density at radius 3 is 2.96 bits per heavy atom. The first-order valence-corrected chi connectivity index (χ1v) is 8.91. The number of nitrogens with zero attached hydrogens (tertiary/aromatic N) is 5. The molecule has 134 valence electrons. The molecule has 26 heavy (non-hydrogen) atoms. The molecule has 0 aliphatic heterocycles. The average molecular weight is 351 g/mol. The highest BCUT2D eigenvalue weighted by Gasteiger charge is 2.24. The van der Waals surface area contributed by atoms with Crippen LogP contribution >= 0.6 is 0 Å². The maximum atomic E-state index is 12.9. The lowest BCUT2D eigenvalue weighted by atomic mass is 9.94. The zero-order valence-corrected chi connectivity index (χ0v) is 14.6. The van der Waals surface area contributed by atoms with Gasteiger partial charge in [0.15, 0.2) is 0 Å². The standard InChI is InChI=1S/C18H21N7O/c1-2-12(14-10-25-9-5-8-20-18(25)23-14)21-16(26)15-11-6-3-4-7-13(11)22-17(19)24-15/h5,8-10,12H,2-4,6-7H2,1H3,(H,21,26)(H2,19,22,24). The predicted molar refractivity (Wildman–Crippen MR) is 96.6 cm³/mol. The van der Waals surface area contributed by atoms with E-state index >= 15 is 0 Å². The van der Waals surface area contributed by atoms with Gasteiger partial charge in [0.05, 0.1) is 11.7 Å². The summed E-state index contributed by atoms with van der Waals surface area (Å²) in [6.45, 7) is 2.01. The highest BCUT2D eigenvalue weighted by atomic mass is 16.2. The summed E-state index contributed by atoms with van der Waals surface area (Å²) < 4.78 is 1.84. The molecule has 3 aromatic heterocycles. The zero-order valence-electron chi connectivity index (χ0n) is 14.6. The van der Waals surface area contributed by atoms with E-state index in [1.54, 1.807) is 6.20 Å². The van der Waals surface area contributed by atoms with Crippen molar-refractivity contribution in [3.63, 3.8) is 0 Å². The molecule has 4 rings (SSSR count). The van der Waals surface area contributed by atoms with E-state index in [0.29, 0.717) is 17.9 Å². The van der Waals surface area contributed by atoms with Crippen molar-refractivity contribution >= 4 is 17.6 Å². The third kappa shape index (κ3) is 2.98. The van der Waals surface area contributed by atoms with Crippen molar-refractivity contribution in [1.29, 1.82) is 0 Å². The number of carbonyl (C=O) groups is 1. The van der Waals surface area contributed by atoms with Crippen molar-refractivity contribution in [2.75, 3.05) is 5.73 Å². The lowest BCUT2D eigenvalue weighted by molar-refractivity contribution is 0.0928. The summed E-state index contributed by atoms with van der Waals surface area (Å²) in [4.78, 5) is 30.2. The molecule has 0 bridgehead atoms. The topological polar surface area (TPSA) is 111 Å². The Morgan fingerprint density at radius 2 is 2.15 bits per heavy atom. The highest BCUT2D eigenvalue weighted by molar-refractivity contribution is 5.94. The second-order valence-electron chi connectivity index (χ2n) is 6.49. The third-order valence-corrected chi connectivity index (χ3v) is 4.74. The number of anilines is 1. The van der Waals surface area contributed by atoms with Gasteiger partial charge in [-0.1, -0.05) is 6.92 Å². The van der Waals surface area contributed by atoms with Gasteiger partial charge in [-0.2, -0.15) is 0 Å². The number of nitrogen functional groups attached to an aromatic ring is 1. The number of imidazole rings is 1. The number of hydrogen-bond acceptors (Lipinski definition) is 6. The molecule has 8 heteroatoms. The molecule has 0 spiro atoms. The van der Waals surface area contributed by atoms with E-state index in [0.717, 1.165) is 42.6 Å². The third-order valence-electron chi connectivity index (χ3n) is 4.74. The van der Waals surface area contributed by atoms with Gasteiger partial charge in [0.2, 0.25) is 11.7 Å². The molecule has 0 saturated heterocycles. The van der Waals surface area contributed by atoms with Crippen LogP contribution in [0.25, 0.3) is 5.78 Å². The maximum Gasteiger partial charge on any atom is 0.270 e. The Bertz CT molecular complexity index is 932. The second kappa shape index (κ2) is 6.70. The minimum atomic E-state index is -0.228. The van der Waals surface area contributed by atoms with Gasteiger partial charge in [0.1, 0.15) is 5.69 Å². The first-order chi connectivity index (χ1) is 12.7. The van der Waals surface area contributed by atoms with Gasteiger partial charge in [-0.25, -0.2) is 19.9 Å². The van der Waals surface area contributed by atoms with Crippen molar-refractivity contribution in [2.24, 2.45) is 0 Å². The molecule has 3 N–H and O–H groups in total. The Hall–Kier alpha value is -3.03. The predicted octanol–water partition coefficient (Wildman–Crippen LogP) is 1.86. The summed E-state index contributed by atoms with van der Waals surface area (Å²) in [5, 5.41) is 3.05. The van der Waals surface area contributed by atoms with Gasteiger partial charge < -0.3 is 11.1 Å². The molecule has 3 aromatic rings. The van der Waals surface area contributed by atoms with Crippen LogP contribution in [0.4, 0.5) is 5.95 Å². The number of nitrogens with one attached hydrogen (secondary N) is 1. The van der Waals surface area contributed by atoms with Crippen LogP contribution in [-0.4, -0.2) is 30.2 Å². The first kappa shape index (κ1) is 16.4. The molecule has 1 unspecified atom stereocenters. The minimum absolute atomic E-state index is 0.153. The van der Waals surface area contributed by atoms with E-state index in [1.165, 1.54) is 0 Å². The van der Waals surface area contributed by atoms with E-state index in [2.05, 4.69) is 25.3 Å². The number of aromatic nitrogens is 5. The van der Waals surface area contributed by atoms with Crippen LogP contribution in [0.15, 0.2) is 24.7 Å². The van der Waals surface area contributed by atoms with Gasteiger partial charge in [0.25, 0.3) is 5.91 Å². The zero-order chi connectivity index (χ0) is 18.1. The van der Waals surface area contributed by atoms with E-state index < -0.39 is 0 Å². The molecular weight excluding hydrogens is 330 g/mol. The number of fused-ring (bicyclic) bond motifs is 2. The molecule has 0 fully saturated rings. The summed E-state index contributed by atoms with van der Waals surface area (Å²) in [5.74, 6) is 0.536. The van der Waals surface area contributed by atoms with Crippen LogP contribution < -0.4 is 11.1 Å². The number of aryl methyl sites for hydroxylation is 1. The van der Waals surface area contributed by atoms with Crippen molar-refractivity contribution in [2.45, 2.75) is 45.1 Å². The fraction of sp³-hybridized carbons (Fsp3) is 0.389. The van der Waals surface area contributed by atoms with Crippen LogP contribution in [-0.2, 0) is 12.8 Å². The van der Waals surface area contributed by atoms with E-state index in [-0.39, 0.29) is 17.9 Å². The fourth-order valence-electron chi connectivity index (χ4n) is 3.43. The number of amides is 1. The Kier molecular flexibility index (Phi) is 4.24. The molecular formula is C18H21N7O. The van der Waals surface area contributed by atoms with E-state index in [1.807, 2.05) is 29.8 Å². The molecule has 0 radical (unpaired) electrons. The summed E-state index contributed by atoms with van der Waals surface area (Å²) in [6, 6.07) is 1.62. The van der Waals surface area contributed by atoms with E-state index in [9.17, 15) is 4.79 Å². The SMILES string of the molecule is CCC(NC(=O)c1nc(N)nc2c1CCCC2)c1cn2cccnc2n1. The Labute approximate surface area is 150 Å². The Balaban J connectivity index is 1.63. The van der Waals surface area contributed by atoms with Crippen molar-refractivity contribution < 1.29 is 4.79 Å². The summed E-state index contributed by atoms with van der Waals surface area (Å²) in [7, 11) is 0. The molecule has 1 aliphatic rings. The highest BCUT2D eigenvalue weighted by Crippen LogP contribution is 2.24. The second-order valence-corrected chi connectivity index (χ2v) is 6.49. The molecule has 8 nitrogen and oxygen atoms in total. The number of carbonyl (C=O) groups excluding carboxylic acids is 1.